The zero-order valence-electron chi connectivity index (χ0n) is 3.81. The summed E-state index contributed by atoms with van der Waals surface area (Å²) in [5.74, 6) is 0. The fourth-order valence-electron chi connectivity index (χ4n) is 0.228. The monoisotopic (exact) mass is 101 g/mol. The highest BCUT2D eigenvalue weighted by Crippen LogP contribution is 1.87. The van der Waals surface area contributed by atoms with E-state index in [0.29, 0.717) is 0 Å². The van der Waals surface area contributed by atoms with Crippen LogP contribution in [-0.2, 0) is 0 Å². The van der Waals surface area contributed by atoms with Gasteiger partial charge in [0.05, 0.1) is 0 Å². The van der Waals surface area contributed by atoms with Gasteiger partial charge in [-0.2, -0.15) is 0 Å². The lowest BCUT2D eigenvalue weighted by Crippen LogP contribution is -1.68. The Hall–Kier alpha value is 0.0900. The molecule has 0 aliphatic heterocycles. The average Bonchev–Trinajstić information content (AvgIpc) is 1.61. The molecule has 1 heteroatoms. The molecule has 0 spiro atoms. The second kappa shape index (κ2) is 5.09. The van der Waals surface area contributed by atoms with Gasteiger partial charge in [-0.3, -0.25) is 0 Å². The van der Waals surface area contributed by atoms with Gasteiger partial charge in [-0.15, -0.1) is 0 Å². The summed E-state index contributed by atoms with van der Waals surface area (Å²) in [6.45, 7) is 3.66. The van der Waals surface area contributed by atoms with Crippen LogP contribution in [0.1, 0.15) is 19.3 Å². The van der Waals surface area contributed by atoms with Crippen molar-refractivity contribution in [2.45, 2.75) is 19.3 Å². The van der Waals surface area contributed by atoms with Crippen LogP contribution in [0.4, 0.5) is 0 Å². The molecule has 0 unspecified atom stereocenters. The predicted octanol–water partition coefficient (Wildman–Crippen LogP) is 1.99. The zero-order chi connectivity index (χ0) is 4.83. The van der Waals surface area contributed by atoms with Crippen molar-refractivity contribution >= 4 is 17.6 Å². The largest absolute Gasteiger partial charge is 0.0935 e. The van der Waals surface area contributed by atoms with E-state index in [-0.39, 0.29) is 0 Å². The van der Waals surface area contributed by atoms with E-state index in [2.05, 4.69) is 19.1 Å². The highest BCUT2D eigenvalue weighted by Gasteiger charge is 1.72. The van der Waals surface area contributed by atoms with E-state index in [9.17, 15) is 0 Å². The van der Waals surface area contributed by atoms with Gasteiger partial charge < -0.3 is 0 Å². The minimum Gasteiger partial charge on any atom is -0.0935 e. The van der Waals surface area contributed by atoms with Crippen molar-refractivity contribution in [3.05, 3.63) is 6.92 Å². The van der Waals surface area contributed by atoms with Crippen LogP contribution in [-0.4, -0.2) is 5.37 Å². The highest BCUT2D eigenvalue weighted by molar-refractivity contribution is 7.78. The summed E-state index contributed by atoms with van der Waals surface area (Å²) in [5, 5.41) is 1.76. The van der Waals surface area contributed by atoms with Crippen LogP contribution in [0.2, 0.25) is 0 Å². The molecule has 0 saturated heterocycles. The number of unbranched alkanes of at least 4 members (excludes halogenated alkanes) is 2. The topological polar surface area (TPSA) is 0 Å². The molecule has 6 heavy (non-hydrogen) atoms. The smallest absolute Gasteiger partial charge is 0.0210 e. The number of hydrogen-bond donors (Lipinski definition) is 0. The second-order valence-electron chi connectivity index (χ2n) is 1.16. The Morgan fingerprint density at radius 2 is 2.33 bits per heavy atom. The van der Waals surface area contributed by atoms with Crippen molar-refractivity contribution in [2.75, 3.05) is 0 Å². The van der Waals surface area contributed by atoms with Gasteiger partial charge in [0.2, 0.25) is 0 Å². The molecule has 0 aliphatic rings. The third-order valence-corrected chi connectivity index (χ3v) is 0.808. The number of thiocarbonyl (C=S) groups is 1. The third kappa shape index (κ3) is 4.09. The van der Waals surface area contributed by atoms with Crippen LogP contribution >= 0.6 is 12.2 Å². The Morgan fingerprint density at radius 3 is 2.50 bits per heavy atom. The van der Waals surface area contributed by atoms with E-state index in [4.69, 9.17) is 0 Å². The van der Waals surface area contributed by atoms with Crippen molar-refractivity contribution in [3.63, 3.8) is 0 Å². The maximum Gasteiger partial charge on any atom is -0.0210 e. The van der Waals surface area contributed by atoms with Gasteiger partial charge in [-0.05, 0) is 18.2 Å². The fraction of sp³-hybridized carbons (Fsp3) is 0.600. The lowest BCUT2D eigenvalue weighted by atomic mass is 10.3. The second-order valence-corrected chi connectivity index (χ2v) is 1.50. The van der Waals surface area contributed by atoms with Crippen molar-refractivity contribution in [3.8, 4) is 0 Å². The molecule has 0 fully saturated rings. The number of hydrogen-bond acceptors (Lipinski definition) is 1. The zero-order valence-corrected chi connectivity index (χ0v) is 4.63. The van der Waals surface area contributed by atoms with E-state index in [1.165, 1.54) is 0 Å². The van der Waals surface area contributed by atoms with E-state index in [0.717, 1.165) is 19.3 Å². The van der Waals surface area contributed by atoms with Gasteiger partial charge in [-0.25, -0.2) is 0 Å². The van der Waals surface area contributed by atoms with Crippen molar-refractivity contribution in [1.29, 1.82) is 0 Å². The summed E-state index contributed by atoms with van der Waals surface area (Å²) in [5.41, 5.74) is 0. The summed E-state index contributed by atoms with van der Waals surface area (Å²) in [7, 11) is 0. The Kier molecular flexibility index (Phi) is 5.17. The molecule has 1 radical (unpaired) electrons. The summed E-state index contributed by atoms with van der Waals surface area (Å²) in [6.07, 6.45) is 3.19. The SMILES string of the molecule is [CH2]CCCC=S. The van der Waals surface area contributed by atoms with Crippen LogP contribution in [0.3, 0.4) is 0 Å². The third-order valence-electron chi connectivity index (χ3n) is 0.572. The van der Waals surface area contributed by atoms with Gasteiger partial charge in [0, 0.05) is 0 Å². The molecule has 0 nitrogen and oxygen atoms in total. The van der Waals surface area contributed by atoms with E-state index in [1.807, 2.05) is 0 Å². The maximum atomic E-state index is 4.56. The molecule has 0 saturated carbocycles. The molecule has 0 heterocycles. The molecule has 35 valence electrons. The van der Waals surface area contributed by atoms with Crippen LogP contribution in [0.15, 0.2) is 0 Å². The van der Waals surface area contributed by atoms with Crippen molar-refractivity contribution < 1.29 is 0 Å². The van der Waals surface area contributed by atoms with Crippen LogP contribution in [0, 0.1) is 6.92 Å². The summed E-state index contributed by atoms with van der Waals surface area (Å²) >= 11 is 4.56. The highest BCUT2D eigenvalue weighted by atomic mass is 32.1. The average molecular weight is 101 g/mol. The molecule has 0 aromatic heterocycles. The first kappa shape index (κ1) is 6.09. The predicted molar refractivity (Wildman–Crippen MR) is 32.9 cm³/mol. The minimum atomic E-state index is 1.01. The van der Waals surface area contributed by atoms with Gasteiger partial charge in [0.1, 0.15) is 0 Å². The molecule has 0 amide bonds. The summed E-state index contributed by atoms with van der Waals surface area (Å²) < 4.78 is 0. The quantitative estimate of drug-likeness (QED) is 0.387. The van der Waals surface area contributed by atoms with Gasteiger partial charge in [0.15, 0.2) is 0 Å². The standard InChI is InChI=1S/C5H9S/c1-2-3-4-5-6/h5H,1-4H2. The molecule has 0 aromatic carbocycles. The molecule has 0 rings (SSSR count). The van der Waals surface area contributed by atoms with E-state index in [1.54, 1.807) is 5.37 Å². The number of rotatable bonds is 3. The van der Waals surface area contributed by atoms with Crippen molar-refractivity contribution in [2.24, 2.45) is 0 Å². The molecule has 0 aromatic rings. The molecule has 0 bridgehead atoms. The van der Waals surface area contributed by atoms with Crippen LogP contribution in [0.25, 0.3) is 0 Å². The van der Waals surface area contributed by atoms with Gasteiger partial charge in [-0.1, -0.05) is 25.6 Å². The first-order valence-electron chi connectivity index (χ1n) is 2.14. The lowest BCUT2D eigenvalue weighted by Gasteiger charge is -1.80. The Labute approximate surface area is 44.6 Å². The normalized spacial score (nSPS) is 8.17. The van der Waals surface area contributed by atoms with E-state index >= 15 is 0 Å². The molecular weight excluding hydrogens is 92.1 g/mol. The van der Waals surface area contributed by atoms with Gasteiger partial charge >= 0.3 is 0 Å². The molecular formula is C5H9S. The summed E-state index contributed by atoms with van der Waals surface area (Å²) in [6, 6.07) is 0. The first-order chi connectivity index (χ1) is 2.91. The lowest BCUT2D eigenvalue weighted by molar-refractivity contribution is 0.907. The van der Waals surface area contributed by atoms with Crippen molar-refractivity contribution in [1.82, 2.24) is 0 Å². The fourth-order valence-corrected chi connectivity index (χ4v) is 0.394. The first-order valence-corrected chi connectivity index (χ1v) is 2.62. The molecule has 0 N–H and O–H groups in total. The van der Waals surface area contributed by atoms with Crippen LogP contribution < -0.4 is 0 Å². The minimum absolute atomic E-state index is 1.01. The summed E-state index contributed by atoms with van der Waals surface area (Å²) in [4.78, 5) is 0. The van der Waals surface area contributed by atoms with E-state index < -0.39 is 0 Å². The Bertz CT molecular complexity index is 32.9. The molecule has 0 aliphatic carbocycles. The van der Waals surface area contributed by atoms with Crippen LogP contribution in [0.5, 0.6) is 0 Å². The van der Waals surface area contributed by atoms with Gasteiger partial charge in [0.25, 0.3) is 0 Å². The maximum absolute atomic E-state index is 4.56. The Balaban J connectivity index is 2.49. The molecule has 0 atom stereocenters. The Morgan fingerprint density at radius 1 is 1.67 bits per heavy atom.